The average molecular weight is 250 g/mol. The zero-order chi connectivity index (χ0) is 13.3. The van der Waals surface area contributed by atoms with Crippen molar-refractivity contribution in [1.29, 1.82) is 0 Å². The van der Waals surface area contributed by atoms with Crippen molar-refractivity contribution in [2.75, 3.05) is 0 Å². The van der Waals surface area contributed by atoms with Crippen molar-refractivity contribution in [3.05, 3.63) is 52.5 Å². The van der Waals surface area contributed by atoms with Crippen molar-refractivity contribution in [3.8, 4) is 0 Å². The highest BCUT2D eigenvalue weighted by atomic mass is 19.1. The number of halogens is 1. The van der Waals surface area contributed by atoms with Crippen molar-refractivity contribution < 1.29 is 14.4 Å². The third-order valence-corrected chi connectivity index (χ3v) is 2.74. The fourth-order valence-corrected chi connectivity index (χ4v) is 1.76. The third-order valence-electron chi connectivity index (χ3n) is 2.74. The van der Waals surface area contributed by atoms with Gasteiger partial charge in [-0.3, -0.25) is 4.57 Å². The van der Waals surface area contributed by atoms with Gasteiger partial charge in [0.1, 0.15) is 5.82 Å². The first kappa shape index (κ1) is 12.6. The number of aryl methyl sites for hydroxylation is 1. The molecule has 0 fully saturated rings. The smallest absolute Gasteiger partial charge is 0.423 e. The first-order valence-corrected chi connectivity index (χ1v) is 5.35. The number of imidazole rings is 1. The van der Waals surface area contributed by atoms with Gasteiger partial charge in [0.25, 0.3) is 0 Å². The zero-order valence-electron chi connectivity index (χ0n) is 9.75. The molecule has 18 heavy (non-hydrogen) atoms. The third kappa shape index (κ3) is 2.37. The predicted octanol–water partition coefficient (Wildman–Crippen LogP) is -0.946. The maximum atomic E-state index is 13.0. The minimum Gasteiger partial charge on any atom is -0.423 e. The van der Waals surface area contributed by atoms with Gasteiger partial charge in [0.2, 0.25) is 0 Å². The Morgan fingerprint density at radius 3 is 2.61 bits per heavy atom. The highest BCUT2D eigenvalue weighted by molar-refractivity contribution is 6.59. The lowest BCUT2D eigenvalue weighted by Gasteiger charge is -2.09. The summed E-state index contributed by atoms with van der Waals surface area (Å²) in [7, 11) is -0.152. The highest BCUT2D eigenvalue weighted by Gasteiger charge is 2.17. The molecule has 0 atom stereocenters. The van der Waals surface area contributed by atoms with E-state index in [4.69, 9.17) is 0 Å². The molecule has 1 heterocycles. The molecule has 1 aromatic heterocycles. The van der Waals surface area contributed by atoms with Crippen LogP contribution in [0.5, 0.6) is 0 Å². The summed E-state index contributed by atoms with van der Waals surface area (Å²) in [5, 5.41) is 18.4. The molecule has 0 aliphatic rings. The van der Waals surface area contributed by atoms with E-state index in [-0.39, 0.29) is 17.7 Å². The molecule has 0 aliphatic heterocycles. The lowest BCUT2D eigenvalue weighted by molar-refractivity contribution is 0.425. The Labute approximate surface area is 103 Å². The summed E-state index contributed by atoms with van der Waals surface area (Å²) in [5.74, 6) is -0.553. The number of hydrogen-bond acceptors (Lipinski definition) is 3. The van der Waals surface area contributed by atoms with Crippen LogP contribution in [0.1, 0.15) is 5.56 Å². The number of benzene rings is 1. The lowest BCUT2D eigenvalue weighted by Crippen LogP contribution is -2.35. The van der Waals surface area contributed by atoms with Crippen LogP contribution in [-0.2, 0) is 13.6 Å². The van der Waals surface area contributed by atoms with Crippen LogP contribution >= 0.6 is 0 Å². The number of aromatic nitrogens is 2. The summed E-state index contributed by atoms with van der Waals surface area (Å²) in [4.78, 5) is 11.6. The first-order valence-electron chi connectivity index (χ1n) is 5.35. The normalized spacial score (nSPS) is 10.7. The van der Waals surface area contributed by atoms with Gasteiger partial charge < -0.3 is 14.6 Å². The molecule has 7 heteroatoms. The molecule has 0 amide bonds. The van der Waals surface area contributed by atoms with Crippen LogP contribution in [0.15, 0.2) is 35.4 Å². The average Bonchev–Trinajstić information content (AvgIpc) is 2.63. The molecule has 0 unspecified atom stereocenters. The van der Waals surface area contributed by atoms with E-state index in [1.807, 2.05) is 0 Å². The van der Waals surface area contributed by atoms with E-state index in [1.54, 1.807) is 19.4 Å². The van der Waals surface area contributed by atoms with Crippen LogP contribution in [0.4, 0.5) is 4.39 Å². The van der Waals surface area contributed by atoms with Gasteiger partial charge in [-0.15, -0.1) is 0 Å². The van der Waals surface area contributed by atoms with E-state index >= 15 is 0 Å². The second kappa shape index (κ2) is 4.79. The maximum Gasteiger partial charge on any atom is 0.488 e. The molecule has 2 N–H and O–H groups in total. The van der Waals surface area contributed by atoms with Crippen LogP contribution in [0.2, 0.25) is 0 Å². The van der Waals surface area contributed by atoms with Crippen LogP contribution in [-0.4, -0.2) is 26.3 Å². The molecule has 1 aromatic carbocycles. The SMILES string of the molecule is Cn1ccn(Cc2ccc(F)cc2B(O)O)c1=O. The van der Waals surface area contributed by atoms with E-state index in [2.05, 4.69) is 0 Å². The quantitative estimate of drug-likeness (QED) is 0.690. The monoisotopic (exact) mass is 250 g/mol. The summed E-state index contributed by atoms with van der Waals surface area (Å²) in [6.07, 6.45) is 3.18. The number of nitrogens with zero attached hydrogens (tertiary/aromatic N) is 2. The molecular weight excluding hydrogens is 238 g/mol. The summed E-state index contributed by atoms with van der Waals surface area (Å²) in [5.41, 5.74) is 0.322. The highest BCUT2D eigenvalue weighted by Crippen LogP contribution is 2.03. The van der Waals surface area contributed by atoms with Crippen molar-refractivity contribution >= 4 is 12.6 Å². The summed E-state index contributed by atoms with van der Waals surface area (Å²) in [6, 6.07) is 3.70. The number of rotatable bonds is 3. The Bertz CT molecular complexity index is 621. The van der Waals surface area contributed by atoms with Crippen molar-refractivity contribution in [2.45, 2.75) is 6.54 Å². The Kier molecular flexibility index (Phi) is 3.35. The minimum atomic E-state index is -1.77. The van der Waals surface area contributed by atoms with E-state index in [0.717, 1.165) is 6.07 Å². The molecule has 0 radical (unpaired) electrons. The molecule has 5 nitrogen and oxygen atoms in total. The Balaban J connectivity index is 2.40. The lowest BCUT2D eigenvalue weighted by atomic mass is 9.77. The minimum absolute atomic E-state index is 0.0609. The van der Waals surface area contributed by atoms with Crippen molar-refractivity contribution in [1.82, 2.24) is 9.13 Å². The Morgan fingerprint density at radius 2 is 2.06 bits per heavy atom. The molecule has 2 aromatic rings. The van der Waals surface area contributed by atoms with Crippen molar-refractivity contribution in [3.63, 3.8) is 0 Å². The molecular formula is C11H12BFN2O3. The fraction of sp³-hybridized carbons (Fsp3) is 0.182. The Morgan fingerprint density at radius 1 is 1.33 bits per heavy atom. The van der Waals surface area contributed by atoms with Gasteiger partial charge in [0, 0.05) is 19.4 Å². The van der Waals surface area contributed by atoms with Crippen LogP contribution in [0.25, 0.3) is 0 Å². The predicted molar refractivity (Wildman–Crippen MR) is 65.0 cm³/mol. The van der Waals surface area contributed by atoms with Crippen LogP contribution in [0.3, 0.4) is 0 Å². The zero-order valence-corrected chi connectivity index (χ0v) is 9.75. The summed E-state index contributed by atoms with van der Waals surface area (Å²) in [6.45, 7) is 0.160. The van der Waals surface area contributed by atoms with Crippen LogP contribution in [0, 0.1) is 5.82 Å². The molecule has 0 spiro atoms. The molecule has 0 bridgehead atoms. The maximum absolute atomic E-state index is 13.0. The van der Waals surface area contributed by atoms with Gasteiger partial charge in [-0.05, 0) is 23.2 Å². The molecule has 0 aliphatic carbocycles. The van der Waals surface area contributed by atoms with Gasteiger partial charge >= 0.3 is 12.8 Å². The van der Waals surface area contributed by atoms with E-state index in [9.17, 15) is 19.2 Å². The molecule has 2 rings (SSSR count). The molecule has 0 saturated heterocycles. The number of hydrogen-bond donors (Lipinski definition) is 2. The Hall–Kier alpha value is -1.86. The van der Waals surface area contributed by atoms with Crippen molar-refractivity contribution in [2.24, 2.45) is 7.05 Å². The molecule has 94 valence electrons. The van der Waals surface area contributed by atoms with E-state index in [1.165, 1.54) is 21.3 Å². The van der Waals surface area contributed by atoms with Gasteiger partial charge in [-0.1, -0.05) is 6.07 Å². The van der Waals surface area contributed by atoms with Gasteiger partial charge in [-0.2, -0.15) is 0 Å². The van der Waals surface area contributed by atoms with Crippen LogP contribution < -0.4 is 11.2 Å². The van der Waals surface area contributed by atoms with Gasteiger partial charge in [0.05, 0.1) is 6.54 Å². The standard InChI is InChI=1S/C11H12BFN2O3/c1-14-4-5-15(11(14)16)7-8-2-3-9(13)6-10(8)12(17)18/h2-6,17-18H,7H2,1H3. The van der Waals surface area contributed by atoms with E-state index < -0.39 is 12.9 Å². The summed E-state index contributed by atoms with van der Waals surface area (Å²) < 4.78 is 15.8. The summed E-state index contributed by atoms with van der Waals surface area (Å²) >= 11 is 0. The topological polar surface area (TPSA) is 67.4 Å². The van der Waals surface area contributed by atoms with E-state index in [0.29, 0.717) is 5.56 Å². The largest absolute Gasteiger partial charge is 0.488 e. The first-order chi connectivity index (χ1) is 8.49. The second-order valence-electron chi connectivity index (χ2n) is 4.04. The second-order valence-corrected chi connectivity index (χ2v) is 4.04. The molecule has 0 saturated carbocycles. The van der Waals surface area contributed by atoms with Gasteiger partial charge in [-0.25, -0.2) is 9.18 Å². The van der Waals surface area contributed by atoms with Gasteiger partial charge in [0.15, 0.2) is 0 Å². The fourth-order valence-electron chi connectivity index (χ4n) is 1.76.